The van der Waals surface area contributed by atoms with E-state index in [1.165, 1.54) is 0 Å². The van der Waals surface area contributed by atoms with Crippen LogP contribution in [-0.2, 0) is 4.74 Å². The highest BCUT2D eigenvalue weighted by Crippen LogP contribution is 1.98. The van der Waals surface area contributed by atoms with E-state index in [9.17, 15) is 0 Å². The van der Waals surface area contributed by atoms with Crippen LogP contribution in [0.5, 0.6) is 0 Å². The zero-order chi connectivity index (χ0) is 10.9. The van der Waals surface area contributed by atoms with Crippen molar-refractivity contribution in [1.29, 1.82) is 0 Å². The minimum Gasteiger partial charge on any atom is -0.379 e. The lowest BCUT2D eigenvalue weighted by molar-refractivity contribution is 0.0344. The fraction of sp³-hybridized carbons (Fsp3) is 0.833. The van der Waals surface area contributed by atoms with E-state index in [2.05, 4.69) is 29.0 Å². The molecular weight excluding hydrogens is 188 g/mol. The summed E-state index contributed by atoms with van der Waals surface area (Å²) in [6, 6.07) is 0.543. The summed E-state index contributed by atoms with van der Waals surface area (Å²) in [4.78, 5) is 2.45. The number of nitrogens with zero attached hydrogens (tertiary/aromatic N) is 1. The van der Waals surface area contributed by atoms with E-state index in [1.807, 2.05) is 6.92 Å². The Balaban J connectivity index is 2.05. The van der Waals surface area contributed by atoms with Gasteiger partial charge in [0.25, 0.3) is 0 Å². The zero-order valence-electron chi connectivity index (χ0n) is 9.88. The third-order valence-electron chi connectivity index (χ3n) is 2.56. The average Bonchev–Trinajstić information content (AvgIpc) is 2.26. The number of nitrogens with one attached hydrogen (secondary N) is 1. The topological polar surface area (TPSA) is 24.5 Å². The lowest BCUT2D eigenvalue weighted by Crippen LogP contribution is -2.44. The van der Waals surface area contributed by atoms with Crippen molar-refractivity contribution in [1.82, 2.24) is 10.2 Å². The highest BCUT2D eigenvalue weighted by atomic mass is 16.5. The third-order valence-corrected chi connectivity index (χ3v) is 2.56. The Bertz CT molecular complexity index is 213. The van der Waals surface area contributed by atoms with E-state index in [-0.39, 0.29) is 0 Å². The van der Waals surface area contributed by atoms with Gasteiger partial charge >= 0.3 is 0 Å². The van der Waals surface area contributed by atoms with Gasteiger partial charge in [-0.2, -0.15) is 0 Å². The molecule has 3 nitrogen and oxygen atoms in total. The Hall–Kier alpha value is -0.560. The van der Waals surface area contributed by atoms with E-state index in [1.54, 1.807) is 0 Å². The molecule has 0 aromatic carbocycles. The highest BCUT2D eigenvalue weighted by Gasteiger charge is 2.12. The number of ether oxygens (including phenoxy) is 1. The number of rotatable bonds is 5. The molecule has 1 aliphatic heterocycles. The van der Waals surface area contributed by atoms with Gasteiger partial charge in [0, 0.05) is 38.6 Å². The van der Waals surface area contributed by atoms with Gasteiger partial charge in [-0.3, -0.25) is 4.90 Å². The summed E-state index contributed by atoms with van der Waals surface area (Å²) in [5.74, 6) is 5.97. The van der Waals surface area contributed by atoms with Crippen LogP contribution < -0.4 is 5.32 Å². The van der Waals surface area contributed by atoms with Gasteiger partial charge in [-0.25, -0.2) is 0 Å². The van der Waals surface area contributed by atoms with Crippen LogP contribution in [0, 0.1) is 11.8 Å². The number of hydrogen-bond acceptors (Lipinski definition) is 3. The summed E-state index contributed by atoms with van der Waals surface area (Å²) in [5.41, 5.74) is 0. The molecule has 1 saturated heterocycles. The molecule has 0 spiro atoms. The van der Waals surface area contributed by atoms with Gasteiger partial charge < -0.3 is 10.1 Å². The fourth-order valence-electron chi connectivity index (χ4n) is 1.74. The van der Waals surface area contributed by atoms with Gasteiger partial charge in [-0.1, -0.05) is 0 Å². The van der Waals surface area contributed by atoms with Crippen molar-refractivity contribution < 1.29 is 4.74 Å². The smallest absolute Gasteiger partial charge is 0.0594 e. The Kier molecular flexibility index (Phi) is 6.42. The molecule has 15 heavy (non-hydrogen) atoms. The first-order valence-electron chi connectivity index (χ1n) is 5.76. The van der Waals surface area contributed by atoms with Crippen molar-refractivity contribution in [2.75, 3.05) is 39.4 Å². The van der Waals surface area contributed by atoms with E-state index in [4.69, 9.17) is 4.74 Å². The predicted octanol–water partition coefficient (Wildman–Crippen LogP) is 0.710. The first kappa shape index (κ1) is 12.5. The molecule has 1 heterocycles. The van der Waals surface area contributed by atoms with Gasteiger partial charge in [0.05, 0.1) is 13.2 Å². The fourth-order valence-corrected chi connectivity index (χ4v) is 1.74. The van der Waals surface area contributed by atoms with Crippen molar-refractivity contribution in [2.24, 2.45) is 0 Å². The maximum Gasteiger partial charge on any atom is 0.0594 e. The molecule has 0 saturated carbocycles. The molecule has 86 valence electrons. The molecule has 1 N–H and O–H groups in total. The van der Waals surface area contributed by atoms with Crippen LogP contribution in [0.15, 0.2) is 0 Å². The first-order valence-corrected chi connectivity index (χ1v) is 5.76. The molecule has 0 bridgehead atoms. The Morgan fingerprint density at radius 2 is 2.13 bits per heavy atom. The quantitative estimate of drug-likeness (QED) is 0.534. The number of hydrogen-bond donors (Lipinski definition) is 1. The minimum absolute atomic E-state index is 0.543. The van der Waals surface area contributed by atoms with Crippen molar-refractivity contribution in [3.05, 3.63) is 0 Å². The minimum atomic E-state index is 0.543. The summed E-state index contributed by atoms with van der Waals surface area (Å²) in [6.07, 6.45) is 0.948. The maximum absolute atomic E-state index is 5.31. The van der Waals surface area contributed by atoms with Crippen LogP contribution in [0.3, 0.4) is 0 Å². The van der Waals surface area contributed by atoms with Crippen molar-refractivity contribution >= 4 is 0 Å². The molecule has 1 atom stereocenters. The molecule has 0 aliphatic carbocycles. The predicted molar refractivity (Wildman–Crippen MR) is 62.8 cm³/mol. The molecule has 0 aromatic heterocycles. The summed E-state index contributed by atoms with van der Waals surface area (Å²) in [7, 11) is 0. The summed E-state index contributed by atoms with van der Waals surface area (Å²) >= 11 is 0. The summed E-state index contributed by atoms with van der Waals surface area (Å²) in [6.45, 7) is 10.1. The van der Waals surface area contributed by atoms with Gasteiger partial charge in [0.2, 0.25) is 0 Å². The molecule has 0 aromatic rings. The van der Waals surface area contributed by atoms with Crippen molar-refractivity contribution in [3.8, 4) is 11.8 Å². The van der Waals surface area contributed by atoms with E-state index in [0.29, 0.717) is 6.04 Å². The molecule has 1 rings (SSSR count). The molecule has 3 heteroatoms. The van der Waals surface area contributed by atoms with Crippen molar-refractivity contribution in [2.45, 2.75) is 26.3 Å². The van der Waals surface area contributed by atoms with E-state index >= 15 is 0 Å². The van der Waals surface area contributed by atoms with Crippen LogP contribution in [0.1, 0.15) is 20.3 Å². The second kappa shape index (κ2) is 7.70. The molecular formula is C12H22N2O. The molecule has 0 amide bonds. The lowest BCUT2D eigenvalue weighted by Gasteiger charge is -2.29. The second-order valence-corrected chi connectivity index (χ2v) is 3.94. The van der Waals surface area contributed by atoms with Crippen molar-refractivity contribution in [3.63, 3.8) is 0 Å². The van der Waals surface area contributed by atoms with Gasteiger partial charge in [0.1, 0.15) is 0 Å². The maximum atomic E-state index is 5.31. The molecule has 1 unspecified atom stereocenters. The molecule has 0 radical (unpaired) electrons. The number of morpholine rings is 1. The Labute approximate surface area is 93.2 Å². The normalized spacial score (nSPS) is 19.3. The molecule has 1 fully saturated rings. The van der Waals surface area contributed by atoms with Gasteiger partial charge in [0.15, 0.2) is 0 Å². The standard InChI is InChI=1S/C12H22N2O/c1-3-4-5-6-13-12(2)11-14-7-9-15-10-8-14/h12-13H,5-11H2,1-2H3. The van der Waals surface area contributed by atoms with E-state index in [0.717, 1.165) is 45.8 Å². The highest BCUT2D eigenvalue weighted by molar-refractivity contribution is 4.95. The average molecular weight is 210 g/mol. The lowest BCUT2D eigenvalue weighted by atomic mass is 10.2. The van der Waals surface area contributed by atoms with Crippen LogP contribution in [-0.4, -0.2) is 50.3 Å². The first-order chi connectivity index (χ1) is 7.33. The summed E-state index contributed by atoms with van der Waals surface area (Å²) in [5, 5.41) is 3.48. The van der Waals surface area contributed by atoms with Crippen LogP contribution in [0.4, 0.5) is 0 Å². The van der Waals surface area contributed by atoms with Gasteiger partial charge in [-0.05, 0) is 13.8 Å². The second-order valence-electron chi connectivity index (χ2n) is 3.94. The summed E-state index contributed by atoms with van der Waals surface area (Å²) < 4.78 is 5.31. The Morgan fingerprint density at radius 1 is 1.40 bits per heavy atom. The van der Waals surface area contributed by atoms with Crippen LogP contribution >= 0.6 is 0 Å². The molecule has 1 aliphatic rings. The monoisotopic (exact) mass is 210 g/mol. The SMILES string of the molecule is CC#CCCNC(C)CN1CCOCC1. The zero-order valence-corrected chi connectivity index (χ0v) is 9.88. The largest absolute Gasteiger partial charge is 0.379 e. The third kappa shape index (κ3) is 5.78. The van der Waals surface area contributed by atoms with Gasteiger partial charge in [-0.15, -0.1) is 11.8 Å². The van der Waals surface area contributed by atoms with E-state index < -0.39 is 0 Å². The Morgan fingerprint density at radius 3 is 2.80 bits per heavy atom. The van der Waals surface area contributed by atoms with Crippen LogP contribution in [0.25, 0.3) is 0 Å². The van der Waals surface area contributed by atoms with Crippen LogP contribution in [0.2, 0.25) is 0 Å².